The highest BCUT2D eigenvalue weighted by atomic mass is 16.3. The van der Waals surface area contributed by atoms with Gasteiger partial charge >= 0.3 is 0 Å². The molecular weight excluding hydrogens is 236 g/mol. The Morgan fingerprint density at radius 3 is 2.84 bits per heavy atom. The van der Waals surface area contributed by atoms with E-state index in [1.807, 2.05) is 12.1 Å². The molecular formula is C16H26N2O. The van der Waals surface area contributed by atoms with E-state index in [9.17, 15) is 5.11 Å². The van der Waals surface area contributed by atoms with Crippen LogP contribution < -0.4 is 5.32 Å². The third kappa shape index (κ3) is 3.71. The number of rotatable bonds is 4. The summed E-state index contributed by atoms with van der Waals surface area (Å²) in [5, 5.41) is 13.2. The molecule has 3 nitrogen and oxygen atoms in total. The number of nitrogens with zero attached hydrogens (tertiary/aromatic N) is 1. The summed E-state index contributed by atoms with van der Waals surface area (Å²) in [6.07, 6.45) is 1.17. The molecule has 1 saturated heterocycles. The molecule has 3 heteroatoms. The maximum atomic E-state index is 9.58. The highest BCUT2D eigenvalue weighted by Gasteiger charge is 2.28. The van der Waals surface area contributed by atoms with Crippen molar-refractivity contribution in [3.05, 3.63) is 29.8 Å². The Kier molecular flexibility index (Phi) is 4.83. The molecule has 1 aromatic rings. The summed E-state index contributed by atoms with van der Waals surface area (Å²) in [5.74, 6) is 1.00. The topological polar surface area (TPSA) is 35.5 Å². The Labute approximate surface area is 116 Å². The lowest BCUT2D eigenvalue weighted by atomic mass is 9.97. The van der Waals surface area contributed by atoms with Gasteiger partial charge in [-0.15, -0.1) is 0 Å². The maximum Gasteiger partial charge on any atom is 0.115 e. The van der Waals surface area contributed by atoms with E-state index in [1.54, 1.807) is 6.07 Å². The molecule has 0 saturated carbocycles. The van der Waals surface area contributed by atoms with Gasteiger partial charge in [-0.25, -0.2) is 0 Å². The van der Waals surface area contributed by atoms with Gasteiger partial charge in [0.1, 0.15) is 5.75 Å². The highest BCUT2D eigenvalue weighted by Crippen LogP contribution is 2.20. The number of hydrogen-bond acceptors (Lipinski definition) is 3. The number of piperazine rings is 1. The monoisotopic (exact) mass is 262 g/mol. The fourth-order valence-corrected chi connectivity index (χ4v) is 2.90. The van der Waals surface area contributed by atoms with Gasteiger partial charge in [0.05, 0.1) is 0 Å². The van der Waals surface area contributed by atoms with E-state index >= 15 is 0 Å². The van der Waals surface area contributed by atoms with Crippen LogP contribution in [0.2, 0.25) is 0 Å². The van der Waals surface area contributed by atoms with Crippen molar-refractivity contribution in [3.8, 4) is 5.75 Å². The van der Waals surface area contributed by atoms with Crippen molar-refractivity contribution in [1.82, 2.24) is 10.2 Å². The van der Waals surface area contributed by atoms with Crippen LogP contribution in [0.3, 0.4) is 0 Å². The third-order valence-electron chi connectivity index (χ3n) is 4.10. The van der Waals surface area contributed by atoms with E-state index in [0.29, 0.717) is 23.8 Å². The van der Waals surface area contributed by atoms with E-state index in [1.165, 1.54) is 12.0 Å². The largest absolute Gasteiger partial charge is 0.508 e. The molecule has 0 spiro atoms. The number of phenols is 1. The molecule has 0 aliphatic carbocycles. The third-order valence-corrected chi connectivity index (χ3v) is 4.10. The smallest absolute Gasteiger partial charge is 0.115 e. The van der Waals surface area contributed by atoms with Crippen LogP contribution in [0.4, 0.5) is 0 Å². The number of benzene rings is 1. The summed E-state index contributed by atoms with van der Waals surface area (Å²) in [6.45, 7) is 9.89. The van der Waals surface area contributed by atoms with Crippen molar-refractivity contribution in [2.75, 3.05) is 13.1 Å². The molecule has 0 radical (unpaired) electrons. The summed E-state index contributed by atoms with van der Waals surface area (Å²) >= 11 is 0. The maximum absolute atomic E-state index is 9.58. The molecule has 2 N–H and O–H groups in total. The molecule has 0 bridgehead atoms. The van der Waals surface area contributed by atoms with Gasteiger partial charge < -0.3 is 10.4 Å². The number of hydrogen-bond donors (Lipinski definition) is 2. The minimum atomic E-state index is 0.362. The van der Waals surface area contributed by atoms with Crippen molar-refractivity contribution in [2.24, 2.45) is 5.92 Å². The first-order valence-corrected chi connectivity index (χ1v) is 7.35. The summed E-state index contributed by atoms with van der Waals surface area (Å²) in [6, 6.07) is 8.79. The van der Waals surface area contributed by atoms with Crippen LogP contribution in [0.25, 0.3) is 0 Å². The van der Waals surface area contributed by atoms with Crippen LogP contribution in [-0.4, -0.2) is 35.2 Å². The SMILES string of the molecule is CCC1CN(Cc2cccc(O)c2)C(C(C)C)CN1. The minimum absolute atomic E-state index is 0.362. The molecule has 1 aromatic carbocycles. The first-order chi connectivity index (χ1) is 9.10. The molecule has 1 aliphatic heterocycles. The molecule has 1 aliphatic rings. The van der Waals surface area contributed by atoms with Crippen molar-refractivity contribution < 1.29 is 5.11 Å². The van der Waals surface area contributed by atoms with Gasteiger partial charge in [-0.1, -0.05) is 32.9 Å². The molecule has 106 valence electrons. The van der Waals surface area contributed by atoms with Crippen LogP contribution >= 0.6 is 0 Å². The van der Waals surface area contributed by atoms with Gasteiger partial charge in [-0.3, -0.25) is 4.90 Å². The van der Waals surface area contributed by atoms with Crippen molar-refractivity contribution in [3.63, 3.8) is 0 Å². The van der Waals surface area contributed by atoms with Crippen LogP contribution in [0, 0.1) is 5.92 Å². The van der Waals surface area contributed by atoms with Gasteiger partial charge in [-0.05, 0) is 30.0 Å². The Hall–Kier alpha value is -1.06. The highest BCUT2D eigenvalue weighted by molar-refractivity contribution is 5.27. The van der Waals surface area contributed by atoms with Gasteiger partial charge in [0.15, 0.2) is 0 Å². The number of phenolic OH excluding ortho intramolecular Hbond substituents is 1. The van der Waals surface area contributed by atoms with Crippen LogP contribution in [0.1, 0.15) is 32.8 Å². The summed E-state index contributed by atoms with van der Waals surface area (Å²) in [7, 11) is 0. The van der Waals surface area contributed by atoms with Gasteiger partial charge in [0.25, 0.3) is 0 Å². The van der Waals surface area contributed by atoms with Crippen LogP contribution in [-0.2, 0) is 6.54 Å². The first kappa shape index (κ1) is 14.4. The lowest BCUT2D eigenvalue weighted by molar-refractivity contribution is 0.0900. The zero-order valence-corrected chi connectivity index (χ0v) is 12.3. The summed E-state index contributed by atoms with van der Waals surface area (Å²) in [5.41, 5.74) is 1.20. The van der Waals surface area contributed by atoms with Crippen LogP contribution in [0.5, 0.6) is 5.75 Å². The normalized spacial score (nSPS) is 24.8. The van der Waals surface area contributed by atoms with Crippen molar-refractivity contribution in [1.29, 1.82) is 0 Å². The molecule has 19 heavy (non-hydrogen) atoms. The molecule has 1 heterocycles. The number of nitrogens with one attached hydrogen (secondary N) is 1. The molecule has 1 fully saturated rings. The predicted octanol–water partition coefficient (Wildman–Crippen LogP) is 2.60. The van der Waals surface area contributed by atoms with Gasteiger partial charge in [0.2, 0.25) is 0 Å². The second kappa shape index (κ2) is 6.40. The Balaban J connectivity index is 2.09. The summed E-state index contributed by atoms with van der Waals surface area (Å²) in [4.78, 5) is 2.56. The van der Waals surface area contributed by atoms with Crippen molar-refractivity contribution >= 4 is 0 Å². The van der Waals surface area contributed by atoms with E-state index < -0.39 is 0 Å². The summed E-state index contributed by atoms with van der Waals surface area (Å²) < 4.78 is 0. The fraction of sp³-hybridized carbons (Fsp3) is 0.625. The predicted molar refractivity (Wildman–Crippen MR) is 79.2 cm³/mol. The molecule has 0 amide bonds. The average Bonchev–Trinajstić information content (AvgIpc) is 2.38. The molecule has 2 unspecified atom stereocenters. The molecule has 0 aromatic heterocycles. The van der Waals surface area contributed by atoms with E-state index in [0.717, 1.165) is 19.6 Å². The Morgan fingerprint density at radius 1 is 1.42 bits per heavy atom. The molecule has 2 atom stereocenters. The lowest BCUT2D eigenvalue weighted by Gasteiger charge is -2.42. The molecule has 2 rings (SSSR count). The minimum Gasteiger partial charge on any atom is -0.508 e. The Morgan fingerprint density at radius 2 is 2.21 bits per heavy atom. The standard InChI is InChI=1S/C16H26N2O/c1-4-14-11-18(16(9-17-14)12(2)3)10-13-6-5-7-15(19)8-13/h5-8,12,14,16-17,19H,4,9-11H2,1-3H3. The van der Waals surface area contributed by atoms with Gasteiger partial charge in [0, 0.05) is 31.7 Å². The number of aromatic hydroxyl groups is 1. The Bertz CT molecular complexity index is 405. The van der Waals surface area contributed by atoms with E-state index in [4.69, 9.17) is 0 Å². The quantitative estimate of drug-likeness (QED) is 0.875. The van der Waals surface area contributed by atoms with E-state index in [2.05, 4.69) is 37.1 Å². The van der Waals surface area contributed by atoms with Gasteiger partial charge in [-0.2, -0.15) is 0 Å². The zero-order valence-electron chi connectivity index (χ0n) is 12.3. The fourth-order valence-electron chi connectivity index (χ4n) is 2.90. The first-order valence-electron chi connectivity index (χ1n) is 7.35. The van der Waals surface area contributed by atoms with E-state index in [-0.39, 0.29) is 0 Å². The lowest BCUT2D eigenvalue weighted by Crippen LogP contribution is -2.57. The second-order valence-electron chi connectivity index (χ2n) is 5.92. The zero-order chi connectivity index (χ0) is 13.8. The average molecular weight is 262 g/mol. The van der Waals surface area contributed by atoms with Crippen LogP contribution in [0.15, 0.2) is 24.3 Å². The second-order valence-corrected chi connectivity index (χ2v) is 5.92. The van der Waals surface area contributed by atoms with Crippen molar-refractivity contribution in [2.45, 2.75) is 45.8 Å².